The highest BCUT2D eigenvalue weighted by Crippen LogP contribution is 2.30. The molecule has 0 bridgehead atoms. The van der Waals surface area contributed by atoms with Crippen molar-refractivity contribution >= 4 is 34.5 Å². The van der Waals surface area contributed by atoms with Crippen LogP contribution in [0.1, 0.15) is 33.1 Å². The number of nitrogens with one attached hydrogen (secondary N) is 1. The van der Waals surface area contributed by atoms with Crippen LogP contribution in [0.15, 0.2) is 82.4 Å². The Kier molecular flexibility index (Phi) is 7.49. The number of hydrogen-bond donors (Lipinski definition) is 1. The van der Waals surface area contributed by atoms with Gasteiger partial charge < -0.3 is 14.8 Å². The van der Waals surface area contributed by atoms with Crippen molar-refractivity contribution in [3.8, 4) is 17.1 Å². The summed E-state index contributed by atoms with van der Waals surface area (Å²) in [5.41, 5.74) is 6.93. The summed E-state index contributed by atoms with van der Waals surface area (Å²) in [6.45, 7) is 8.77. The molecule has 0 amide bonds. The van der Waals surface area contributed by atoms with E-state index < -0.39 is 0 Å². The minimum Gasteiger partial charge on any atom is -0.353 e. The van der Waals surface area contributed by atoms with Gasteiger partial charge in [-0.3, -0.25) is 9.98 Å². The van der Waals surface area contributed by atoms with Crippen molar-refractivity contribution < 1.29 is 0 Å². The zero-order valence-corrected chi connectivity index (χ0v) is 23.4. The average Bonchev–Trinajstić information content (AvgIpc) is 2.94. The van der Waals surface area contributed by atoms with E-state index in [9.17, 15) is 0 Å². The van der Waals surface area contributed by atoms with Crippen molar-refractivity contribution in [3.63, 3.8) is 0 Å². The summed E-state index contributed by atoms with van der Waals surface area (Å²) in [6.07, 6.45) is 7.20. The van der Waals surface area contributed by atoms with Gasteiger partial charge in [0, 0.05) is 43.1 Å². The number of allylic oxidation sites excluding steroid dienone is 1. The van der Waals surface area contributed by atoms with Crippen molar-refractivity contribution in [3.05, 3.63) is 82.8 Å². The lowest BCUT2D eigenvalue weighted by Gasteiger charge is -2.31. The van der Waals surface area contributed by atoms with Crippen LogP contribution >= 0.6 is 11.6 Å². The molecule has 2 aromatic rings. The number of piperidine rings is 1. The highest BCUT2D eigenvalue weighted by atomic mass is 35.5. The van der Waals surface area contributed by atoms with Crippen LogP contribution in [0.5, 0.6) is 0 Å². The predicted molar refractivity (Wildman–Crippen MR) is 162 cm³/mol. The molecule has 200 valence electrons. The molecular formula is C32H35ClN6. The van der Waals surface area contributed by atoms with E-state index in [1.165, 1.54) is 0 Å². The molecule has 6 nitrogen and oxygen atoms in total. The van der Waals surface area contributed by atoms with Gasteiger partial charge in [-0.2, -0.15) is 0 Å². The molecule has 0 saturated carbocycles. The van der Waals surface area contributed by atoms with Gasteiger partial charge >= 0.3 is 0 Å². The second kappa shape index (κ2) is 11.3. The van der Waals surface area contributed by atoms with E-state index in [1.54, 1.807) is 0 Å². The molecular weight excluding hydrogens is 504 g/mol. The maximum atomic E-state index is 6.26. The molecule has 0 spiro atoms. The average molecular weight is 539 g/mol. The Balaban J connectivity index is 1.50. The van der Waals surface area contributed by atoms with Gasteiger partial charge in [0.2, 0.25) is 0 Å². The van der Waals surface area contributed by atoms with E-state index in [0.717, 1.165) is 95.3 Å². The largest absolute Gasteiger partial charge is 0.353 e. The number of aromatic nitrogens is 2. The molecule has 1 N–H and O–H groups in total. The van der Waals surface area contributed by atoms with Crippen LogP contribution in [0.4, 0.5) is 5.69 Å². The minimum atomic E-state index is 0.290. The monoisotopic (exact) mass is 538 g/mol. The lowest BCUT2D eigenvalue weighted by atomic mass is 10.0. The van der Waals surface area contributed by atoms with Crippen molar-refractivity contribution in [2.75, 3.05) is 31.5 Å². The zero-order chi connectivity index (χ0) is 26.8. The summed E-state index contributed by atoms with van der Waals surface area (Å²) in [6, 6.07) is 20.9. The van der Waals surface area contributed by atoms with Crippen LogP contribution in [0.25, 0.3) is 28.1 Å². The first kappa shape index (κ1) is 25.8. The Labute approximate surface area is 235 Å². The normalized spacial score (nSPS) is 17.3. The second-order valence-electron chi connectivity index (χ2n) is 10.9. The first-order valence-corrected chi connectivity index (χ1v) is 14.4. The fourth-order valence-electron chi connectivity index (χ4n) is 5.61. The summed E-state index contributed by atoms with van der Waals surface area (Å²) in [7, 11) is 0. The molecule has 0 radical (unpaired) electrons. The number of rotatable bonds is 6. The maximum absolute atomic E-state index is 6.26. The van der Waals surface area contributed by atoms with Gasteiger partial charge in [-0.05, 0) is 73.7 Å². The highest BCUT2D eigenvalue weighted by Gasteiger charge is 2.21. The van der Waals surface area contributed by atoms with Crippen LogP contribution in [0, 0.1) is 5.92 Å². The first-order valence-electron chi connectivity index (χ1n) is 14.0. The number of benzene rings is 3. The summed E-state index contributed by atoms with van der Waals surface area (Å²) < 4.78 is 2.27. The lowest BCUT2D eigenvalue weighted by molar-refractivity contribution is 0.192. The smallest absolute Gasteiger partial charge is 0.0900 e. The van der Waals surface area contributed by atoms with E-state index >= 15 is 0 Å². The van der Waals surface area contributed by atoms with Gasteiger partial charge in [0.05, 0.1) is 45.2 Å². The van der Waals surface area contributed by atoms with Crippen LogP contribution in [0.3, 0.4) is 0 Å². The van der Waals surface area contributed by atoms with Crippen LogP contribution in [-0.2, 0) is 0 Å². The molecule has 0 atom stereocenters. The molecule has 4 aliphatic rings. The molecule has 3 heterocycles. The Bertz CT molecular complexity index is 1560. The van der Waals surface area contributed by atoms with E-state index in [1.807, 2.05) is 24.4 Å². The molecule has 3 aliphatic heterocycles. The SMILES string of the molecule is CC(C)CN1CCC(N=c2cc3n(-c4ccc(Cl)cc4)c4ccccc4nc-3cc2NC2=CCCN=C2)CC1. The number of aliphatic imine (C=N–C) groups is 1. The number of nitrogens with zero attached hydrogens (tertiary/aromatic N) is 5. The number of hydrogen-bond acceptors (Lipinski definition) is 5. The minimum absolute atomic E-state index is 0.290. The summed E-state index contributed by atoms with van der Waals surface area (Å²) in [4.78, 5) is 17.5. The highest BCUT2D eigenvalue weighted by molar-refractivity contribution is 6.30. The fraction of sp³-hybridized carbons (Fsp3) is 0.344. The number of anilines is 1. The van der Waals surface area contributed by atoms with E-state index in [-0.39, 0.29) is 6.04 Å². The van der Waals surface area contributed by atoms with Crippen molar-refractivity contribution in [1.29, 1.82) is 0 Å². The van der Waals surface area contributed by atoms with Gasteiger partial charge in [0.15, 0.2) is 0 Å². The maximum Gasteiger partial charge on any atom is 0.0900 e. The van der Waals surface area contributed by atoms with Crippen LogP contribution < -0.4 is 10.7 Å². The number of dihydropyridines is 1. The van der Waals surface area contributed by atoms with E-state index in [2.05, 4.69) is 82.2 Å². The van der Waals surface area contributed by atoms with Gasteiger partial charge in [-0.1, -0.05) is 43.7 Å². The standard InChI is InChI=1S/C32H35ClN6/c1-22(2)21-38-16-13-24(14-17-38)35-29-19-32-30(18-28(29)36-25-6-5-15-34-20-25)37-27-7-3-4-8-31(27)39(32)26-11-9-23(33)10-12-26/h3-4,6-12,18-20,22,24,36H,5,13-17,21H2,1-2H3. The number of halogens is 1. The first-order chi connectivity index (χ1) is 19.0. The van der Waals surface area contributed by atoms with Crippen LogP contribution in [-0.4, -0.2) is 52.9 Å². The van der Waals surface area contributed by atoms with Gasteiger partial charge in [0.25, 0.3) is 0 Å². The fourth-order valence-corrected chi connectivity index (χ4v) is 5.74. The van der Waals surface area contributed by atoms with Crippen molar-refractivity contribution in [2.24, 2.45) is 15.9 Å². The topological polar surface area (TPSA) is 57.8 Å². The molecule has 0 aromatic heterocycles. The Morgan fingerprint density at radius 1 is 1.05 bits per heavy atom. The quantitative estimate of drug-likeness (QED) is 0.282. The van der Waals surface area contributed by atoms with Gasteiger partial charge in [0.1, 0.15) is 0 Å². The third-order valence-electron chi connectivity index (χ3n) is 7.42. The summed E-state index contributed by atoms with van der Waals surface area (Å²) >= 11 is 6.26. The Hall–Kier alpha value is -3.48. The zero-order valence-electron chi connectivity index (χ0n) is 22.6. The molecule has 1 saturated heterocycles. The molecule has 0 unspecified atom stereocenters. The van der Waals surface area contributed by atoms with Crippen molar-refractivity contribution in [2.45, 2.75) is 39.2 Å². The van der Waals surface area contributed by atoms with E-state index in [0.29, 0.717) is 5.92 Å². The summed E-state index contributed by atoms with van der Waals surface area (Å²) in [5, 5.41) is 5.30. The third-order valence-corrected chi connectivity index (χ3v) is 7.67. The van der Waals surface area contributed by atoms with Crippen molar-refractivity contribution in [1.82, 2.24) is 14.5 Å². The van der Waals surface area contributed by atoms with E-state index in [4.69, 9.17) is 21.6 Å². The predicted octanol–water partition coefficient (Wildman–Crippen LogP) is 6.58. The lowest BCUT2D eigenvalue weighted by Crippen LogP contribution is -2.38. The molecule has 1 aliphatic carbocycles. The molecule has 2 aromatic carbocycles. The molecule has 39 heavy (non-hydrogen) atoms. The Morgan fingerprint density at radius 2 is 1.85 bits per heavy atom. The number of fused-ring (bicyclic) bond motifs is 2. The van der Waals surface area contributed by atoms with Crippen LogP contribution in [0.2, 0.25) is 5.02 Å². The molecule has 7 heteroatoms. The second-order valence-corrected chi connectivity index (χ2v) is 11.4. The van der Waals surface area contributed by atoms with Gasteiger partial charge in [-0.15, -0.1) is 0 Å². The summed E-state index contributed by atoms with van der Waals surface area (Å²) in [5.74, 6) is 0.686. The van der Waals surface area contributed by atoms with Gasteiger partial charge in [-0.25, -0.2) is 4.98 Å². The number of likely N-dealkylation sites (tertiary alicyclic amines) is 1. The Morgan fingerprint density at radius 3 is 2.59 bits per heavy atom. The number of para-hydroxylation sites is 2. The molecule has 1 fully saturated rings. The third kappa shape index (κ3) is 5.77. The molecule has 6 rings (SSSR count).